The van der Waals surface area contributed by atoms with Gasteiger partial charge in [-0.3, -0.25) is 0 Å². The monoisotopic (exact) mass is 766 g/mol. The predicted octanol–water partition coefficient (Wildman–Crippen LogP) is 12.7. The molecule has 0 bridgehead atoms. The summed E-state index contributed by atoms with van der Waals surface area (Å²) in [5, 5.41) is 30.6. The Balaban J connectivity index is -0.000000722. The summed E-state index contributed by atoms with van der Waals surface area (Å²) >= 11 is 0. The van der Waals surface area contributed by atoms with Crippen LogP contribution in [0.5, 0.6) is 0 Å². The van der Waals surface area contributed by atoms with Crippen molar-refractivity contribution in [1.82, 2.24) is 0 Å². The summed E-state index contributed by atoms with van der Waals surface area (Å²) in [6.45, 7) is 6.77. The van der Waals surface area contributed by atoms with Crippen LogP contribution >= 0.6 is 0 Å². The van der Waals surface area contributed by atoms with Gasteiger partial charge in [-0.25, -0.2) is 0 Å². The van der Waals surface area contributed by atoms with E-state index in [1.54, 1.807) is 0 Å². The lowest BCUT2D eigenvalue weighted by molar-refractivity contribution is -0.307. The van der Waals surface area contributed by atoms with Crippen molar-refractivity contribution in [3.63, 3.8) is 0 Å². The molecule has 0 unspecified atom stereocenters. The summed E-state index contributed by atoms with van der Waals surface area (Å²) in [6.07, 6.45) is 50.8. The minimum absolute atomic E-state index is 0.234. The van der Waals surface area contributed by atoms with E-state index in [9.17, 15) is 29.7 Å². The first kappa shape index (κ1) is 56.7. The van der Waals surface area contributed by atoms with E-state index in [1.165, 1.54) is 212 Å². The Kier molecular flexibility index (Phi) is 56.2. The number of carbonyl (C=O) groups is 3. The van der Waals surface area contributed by atoms with Crippen LogP contribution in [0, 0.1) is 0 Å². The fraction of sp³-hybridized carbons (Fsp3) is 0.938. The number of carbonyl (C=O) groups excluding carboxylic acids is 3. The Morgan fingerprint density at radius 3 is 0.444 bits per heavy atom. The third-order valence-corrected chi connectivity index (χ3v) is 10.5. The molecular weight excluding hydrogens is 673 g/mol. The molecule has 0 radical (unpaired) electrons. The van der Waals surface area contributed by atoms with Crippen molar-refractivity contribution in [2.24, 2.45) is 0 Å². The molecule has 0 aromatic carbocycles. The van der Waals surface area contributed by atoms with Gasteiger partial charge in [0.15, 0.2) is 0 Å². The second-order valence-electron chi connectivity index (χ2n) is 16.1. The van der Waals surface area contributed by atoms with Gasteiger partial charge in [-0.15, -0.1) is 0 Å². The molecule has 0 aliphatic carbocycles. The molecule has 0 aliphatic rings. The Hall–Kier alpha value is -1.59. The third-order valence-electron chi connectivity index (χ3n) is 10.5. The zero-order valence-corrected chi connectivity index (χ0v) is 36.6. The molecule has 6 nitrogen and oxygen atoms in total. The smallest absolute Gasteiger partial charge is 0.0414 e. The summed E-state index contributed by atoms with van der Waals surface area (Å²) < 4.78 is 0. The molecule has 0 fully saturated rings. The molecule has 0 spiro atoms. The molecular formula is C48H93O6-3. The van der Waals surface area contributed by atoms with E-state index in [4.69, 9.17) is 0 Å². The minimum atomic E-state index is -0.905. The quantitative estimate of drug-likeness (QED) is 0.0570. The molecule has 0 heterocycles. The third kappa shape index (κ3) is 65.3. The second kappa shape index (κ2) is 53.5. The number of unbranched alkanes of at least 4 members (excludes halogenated alkanes) is 36. The van der Waals surface area contributed by atoms with Gasteiger partial charge in [0, 0.05) is 17.9 Å². The summed E-state index contributed by atoms with van der Waals surface area (Å²) in [6, 6.07) is 0. The average molecular weight is 766 g/mol. The van der Waals surface area contributed by atoms with Gasteiger partial charge in [-0.05, 0) is 38.5 Å². The van der Waals surface area contributed by atoms with Crippen molar-refractivity contribution in [1.29, 1.82) is 0 Å². The zero-order valence-electron chi connectivity index (χ0n) is 36.6. The standard InChI is InChI=1S/3C16H32O2/c3*1-2-3-4-5-6-7-8-9-10-11-12-13-14-15-16(17)18/h3*2-15H2,1H3,(H,17,18)/p-3. The van der Waals surface area contributed by atoms with Crippen LogP contribution in [0.2, 0.25) is 0 Å². The Morgan fingerprint density at radius 2 is 0.333 bits per heavy atom. The van der Waals surface area contributed by atoms with Crippen molar-refractivity contribution < 1.29 is 29.7 Å². The van der Waals surface area contributed by atoms with Crippen LogP contribution < -0.4 is 15.3 Å². The molecule has 0 aromatic rings. The van der Waals surface area contributed by atoms with Crippen LogP contribution in [-0.4, -0.2) is 17.9 Å². The first-order valence-corrected chi connectivity index (χ1v) is 23.9. The molecule has 0 rings (SSSR count). The van der Waals surface area contributed by atoms with Crippen LogP contribution in [0.15, 0.2) is 0 Å². The molecule has 0 aromatic heterocycles. The fourth-order valence-electron chi connectivity index (χ4n) is 6.86. The zero-order chi connectivity index (χ0) is 40.4. The summed E-state index contributed by atoms with van der Waals surface area (Å²) in [4.78, 5) is 30.6. The average Bonchev–Trinajstić information content (AvgIpc) is 3.14. The van der Waals surface area contributed by atoms with E-state index in [0.29, 0.717) is 0 Å². The number of carboxylic acid groups (broad SMARTS) is 3. The lowest BCUT2D eigenvalue weighted by atomic mass is 10.0. The Morgan fingerprint density at radius 1 is 0.222 bits per heavy atom. The molecule has 0 saturated carbocycles. The van der Waals surface area contributed by atoms with E-state index >= 15 is 0 Å². The number of rotatable bonds is 42. The number of hydrogen-bond acceptors (Lipinski definition) is 6. The van der Waals surface area contributed by atoms with Crippen LogP contribution in [0.3, 0.4) is 0 Å². The SMILES string of the molecule is CCCCCCCCCCCCCCCC(=O)[O-].CCCCCCCCCCCCCCCC(=O)[O-].CCCCCCCCCCCCCCCC(=O)[O-]. The molecule has 0 amide bonds. The molecule has 0 atom stereocenters. The fourth-order valence-corrected chi connectivity index (χ4v) is 6.86. The topological polar surface area (TPSA) is 120 Å². The van der Waals surface area contributed by atoms with E-state index < -0.39 is 17.9 Å². The summed E-state index contributed by atoms with van der Waals surface area (Å²) in [7, 11) is 0. The maximum absolute atomic E-state index is 10.2. The molecule has 0 saturated heterocycles. The Bertz CT molecular complexity index is 629. The van der Waals surface area contributed by atoms with Gasteiger partial charge in [0.05, 0.1) is 0 Å². The van der Waals surface area contributed by atoms with Crippen molar-refractivity contribution in [3.8, 4) is 0 Å². The normalized spacial score (nSPS) is 10.7. The summed E-state index contributed by atoms with van der Waals surface area (Å²) in [5.74, 6) is -2.71. The highest BCUT2D eigenvalue weighted by atomic mass is 16.4. The molecule has 0 aliphatic heterocycles. The molecule has 6 heteroatoms. The Labute approximate surface area is 337 Å². The lowest BCUT2D eigenvalue weighted by Crippen LogP contribution is -2.21. The van der Waals surface area contributed by atoms with Crippen molar-refractivity contribution >= 4 is 17.9 Å². The first-order valence-electron chi connectivity index (χ1n) is 23.9. The van der Waals surface area contributed by atoms with Crippen LogP contribution in [0.1, 0.15) is 290 Å². The maximum Gasteiger partial charge on any atom is 0.0414 e. The van der Waals surface area contributed by atoms with Gasteiger partial charge < -0.3 is 29.7 Å². The molecule has 54 heavy (non-hydrogen) atoms. The largest absolute Gasteiger partial charge is 0.550 e. The highest BCUT2D eigenvalue weighted by Crippen LogP contribution is 2.15. The van der Waals surface area contributed by atoms with Crippen LogP contribution in [0.25, 0.3) is 0 Å². The van der Waals surface area contributed by atoms with E-state index in [0.717, 1.165) is 38.5 Å². The van der Waals surface area contributed by atoms with E-state index in [2.05, 4.69) is 20.8 Å². The van der Waals surface area contributed by atoms with Gasteiger partial charge in [-0.1, -0.05) is 252 Å². The van der Waals surface area contributed by atoms with E-state index in [1.807, 2.05) is 0 Å². The van der Waals surface area contributed by atoms with Gasteiger partial charge >= 0.3 is 0 Å². The van der Waals surface area contributed by atoms with Gasteiger partial charge in [-0.2, -0.15) is 0 Å². The minimum Gasteiger partial charge on any atom is -0.550 e. The van der Waals surface area contributed by atoms with Gasteiger partial charge in [0.25, 0.3) is 0 Å². The van der Waals surface area contributed by atoms with Crippen molar-refractivity contribution in [3.05, 3.63) is 0 Å². The second-order valence-corrected chi connectivity index (χ2v) is 16.1. The van der Waals surface area contributed by atoms with Crippen LogP contribution in [-0.2, 0) is 14.4 Å². The molecule has 324 valence electrons. The maximum atomic E-state index is 10.2. The van der Waals surface area contributed by atoms with E-state index in [-0.39, 0.29) is 19.3 Å². The number of carboxylic acids is 3. The van der Waals surface area contributed by atoms with Crippen molar-refractivity contribution in [2.75, 3.05) is 0 Å². The highest BCUT2D eigenvalue weighted by Gasteiger charge is 1.97. The van der Waals surface area contributed by atoms with Gasteiger partial charge in [0.1, 0.15) is 0 Å². The number of aliphatic carboxylic acids is 3. The molecule has 0 N–H and O–H groups in total. The van der Waals surface area contributed by atoms with Crippen LogP contribution in [0.4, 0.5) is 0 Å². The summed E-state index contributed by atoms with van der Waals surface area (Å²) in [5.41, 5.74) is 0. The van der Waals surface area contributed by atoms with Gasteiger partial charge in [0.2, 0.25) is 0 Å². The first-order chi connectivity index (χ1) is 26.3. The number of hydrogen-bond donors (Lipinski definition) is 0. The lowest BCUT2D eigenvalue weighted by Gasteiger charge is -2.03. The highest BCUT2D eigenvalue weighted by molar-refractivity contribution is 5.64. The van der Waals surface area contributed by atoms with Crippen molar-refractivity contribution in [2.45, 2.75) is 290 Å². The predicted molar refractivity (Wildman–Crippen MR) is 226 cm³/mol.